The third-order valence-corrected chi connectivity index (χ3v) is 4.98. The second-order valence-electron chi connectivity index (χ2n) is 5.38. The Labute approximate surface area is 135 Å². The van der Waals surface area contributed by atoms with Crippen LogP contribution in [0.4, 0.5) is 0 Å². The van der Waals surface area contributed by atoms with Crippen LogP contribution in [0.3, 0.4) is 0 Å². The lowest BCUT2D eigenvalue weighted by molar-refractivity contribution is 0.351. The van der Waals surface area contributed by atoms with E-state index in [2.05, 4.69) is 35.8 Å². The minimum atomic E-state index is 0.330. The number of hydrogen-bond donors (Lipinski definition) is 1. The van der Waals surface area contributed by atoms with Gasteiger partial charge in [-0.1, -0.05) is 24.6 Å². The van der Waals surface area contributed by atoms with Gasteiger partial charge >= 0.3 is 0 Å². The van der Waals surface area contributed by atoms with E-state index >= 15 is 0 Å². The Morgan fingerprint density at radius 2 is 2.33 bits per heavy atom. The second kappa shape index (κ2) is 6.82. The quantitative estimate of drug-likeness (QED) is 0.838. The Kier molecular flexibility index (Phi) is 4.84. The molecule has 1 atom stereocenters. The topological polar surface area (TPSA) is 21.3 Å². The zero-order valence-corrected chi connectivity index (χ0v) is 13.8. The summed E-state index contributed by atoms with van der Waals surface area (Å²) in [6, 6.07) is 8.73. The van der Waals surface area contributed by atoms with Gasteiger partial charge in [0, 0.05) is 22.4 Å². The minimum absolute atomic E-state index is 0.330. The lowest BCUT2D eigenvalue weighted by Crippen LogP contribution is -2.23. The Hall–Kier alpha value is -1.03. The van der Waals surface area contributed by atoms with Crippen LogP contribution in [0.5, 0.6) is 5.75 Å². The van der Waals surface area contributed by atoms with Crippen LogP contribution in [0.25, 0.3) is 0 Å². The summed E-state index contributed by atoms with van der Waals surface area (Å²) in [6.07, 6.45) is 3.02. The van der Waals surface area contributed by atoms with Crippen molar-refractivity contribution in [3.05, 3.63) is 50.7 Å². The molecule has 2 heterocycles. The van der Waals surface area contributed by atoms with Crippen LogP contribution < -0.4 is 10.1 Å². The predicted octanol–water partition coefficient (Wildman–Crippen LogP) is 4.62. The summed E-state index contributed by atoms with van der Waals surface area (Å²) >= 11 is 8.07. The average molecular weight is 322 g/mol. The smallest absolute Gasteiger partial charge is 0.125 e. The Bertz CT molecular complexity index is 597. The molecule has 1 aromatic heterocycles. The first-order valence-electron chi connectivity index (χ1n) is 7.49. The van der Waals surface area contributed by atoms with Crippen molar-refractivity contribution in [3.8, 4) is 5.75 Å². The highest BCUT2D eigenvalue weighted by molar-refractivity contribution is 7.10. The molecule has 3 rings (SSSR count). The van der Waals surface area contributed by atoms with Crippen molar-refractivity contribution >= 4 is 22.9 Å². The Morgan fingerprint density at radius 1 is 1.43 bits per heavy atom. The van der Waals surface area contributed by atoms with E-state index in [1.807, 2.05) is 6.07 Å². The number of benzene rings is 1. The third-order valence-electron chi connectivity index (χ3n) is 3.78. The molecular weight excluding hydrogens is 302 g/mol. The van der Waals surface area contributed by atoms with Crippen molar-refractivity contribution in [2.45, 2.75) is 32.2 Å². The fraction of sp³-hybridized carbons (Fsp3) is 0.412. The summed E-state index contributed by atoms with van der Waals surface area (Å²) in [6.45, 7) is 3.99. The van der Waals surface area contributed by atoms with Crippen molar-refractivity contribution in [2.75, 3.05) is 13.2 Å². The molecule has 1 N–H and O–H groups in total. The van der Waals surface area contributed by atoms with Gasteiger partial charge in [-0.3, -0.25) is 0 Å². The van der Waals surface area contributed by atoms with Crippen molar-refractivity contribution in [1.29, 1.82) is 0 Å². The van der Waals surface area contributed by atoms with Crippen molar-refractivity contribution in [1.82, 2.24) is 5.32 Å². The molecule has 1 unspecified atom stereocenters. The Morgan fingerprint density at radius 3 is 3.10 bits per heavy atom. The zero-order chi connectivity index (χ0) is 14.7. The second-order valence-corrected chi connectivity index (χ2v) is 6.79. The van der Waals surface area contributed by atoms with E-state index in [1.54, 1.807) is 11.3 Å². The molecule has 0 saturated heterocycles. The maximum absolute atomic E-state index is 6.27. The van der Waals surface area contributed by atoms with Gasteiger partial charge in [0.25, 0.3) is 0 Å². The maximum Gasteiger partial charge on any atom is 0.125 e. The van der Waals surface area contributed by atoms with E-state index in [9.17, 15) is 0 Å². The fourth-order valence-corrected chi connectivity index (χ4v) is 3.86. The highest BCUT2D eigenvalue weighted by Crippen LogP contribution is 2.35. The molecule has 112 valence electrons. The first-order chi connectivity index (χ1) is 10.3. The van der Waals surface area contributed by atoms with Gasteiger partial charge in [0.15, 0.2) is 0 Å². The van der Waals surface area contributed by atoms with Gasteiger partial charge in [-0.15, -0.1) is 11.3 Å². The lowest BCUT2D eigenvalue weighted by Gasteiger charge is -2.19. The number of rotatable bonds is 6. The van der Waals surface area contributed by atoms with Crippen molar-refractivity contribution < 1.29 is 4.74 Å². The molecule has 1 aromatic carbocycles. The van der Waals surface area contributed by atoms with Crippen LogP contribution in [-0.2, 0) is 12.8 Å². The van der Waals surface area contributed by atoms with Gasteiger partial charge in [0.05, 0.1) is 6.61 Å². The first-order valence-corrected chi connectivity index (χ1v) is 8.74. The minimum Gasteiger partial charge on any atom is -0.493 e. The molecule has 1 aliphatic heterocycles. The molecule has 0 aliphatic carbocycles. The van der Waals surface area contributed by atoms with Crippen LogP contribution in [0.15, 0.2) is 29.6 Å². The van der Waals surface area contributed by atoms with E-state index < -0.39 is 0 Å². The molecule has 2 nitrogen and oxygen atoms in total. The van der Waals surface area contributed by atoms with E-state index in [0.717, 1.165) is 43.2 Å². The highest BCUT2D eigenvalue weighted by atomic mass is 35.5. The highest BCUT2D eigenvalue weighted by Gasteiger charge is 2.21. The van der Waals surface area contributed by atoms with Crippen LogP contribution in [-0.4, -0.2) is 13.2 Å². The molecule has 21 heavy (non-hydrogen) atoms. The van der Waals surface area contributed by atoms with Crippen LogP contribution >= 0.6 is 22.9 Å². The molecular formula is C17H20ClNOS. The van der Waals surface area contributed by atoms with Gasteiger partial charge in [-0.25, -0.2) is 0 Å². The molecule has 4 heteroatoms. The fourth-order valence-electron chi connectivity index (χ4n) is 2.80. The van der Waals surface area contributed by atoms with Crippen LogP contribution in [0.2, 0.25) is 5.02 Å². The number of fused-ring (bicyclic) bond motifs is 1. The summed E-state index contributed by atoms with van der Waals surface area (Å²) in [4.78, 5) is 1.37. The van der Waals surface area contributed by atoms with Gasteiger partial charge in [0.1, 0.15) is 5.75 Å². The van der Waals surface area contributed by atoms with Crippen LogP contribution in [0, 0.1) is 0 Å². The number of nitrogens with one attached hydrogen (secondary N) is 1. The molecule has 2 aromatic rings. The lowest BCUT2D eigenvalue weighted by atomic mass is 10.0. The molecule has 0 saturated carbocycles. The molecule has 0 amide bonds. The van der Waals surface area contributed by atoms with Gasteiger partial charge < -0.3 is 10.1 Å². The Balaban J connectivity index is 1.86. The van der Waals surface area contributed by atoms with Crippen molar-refractivity contribution in [2.24, 2.45) is 0 Å². The number of hydrogen-bond acceptors (Lipinski definition) is 3. The summed E-state index contributed by atoms with van der Waals surface area (Å²) in [5.41, 5.74) is 2.47. The summed E-state index contributed by atoms with van der Waals surface area (Å²) in [5.74, 6) is 1.05. The molecule has 0 spiro atoms. The normalized spacial score (nSPS) is 14.8. The van der Waals surface area contributed by atoms with Gasteiger partial charge in [-0.05, 0) is 54.1 Å². The molecule has 1 aliphatic rings. The summed E-state index contributed by atoms with van der Waals surface area (Å²) in [5, 5.41) is 6.59. The van der Waals surface area contributed by atoms with Crippen molar-refractivity contribution in [3.63, 3.8) is 0 Å². The standard InChI is InChI=1S/C17H20ClNOS/c1-2-6-19-15(16-4-3-8-21-16)11-13-10-14(18)9-12-5-7-20-17(12)13/h3-4,8-10,15,19H,2,5-7,11H2,1H3. The summed E-state index contributed by atoms with van der Waals surface area (Å²) < 4.78 is 5.82. The molecule has 0 bridgehead atoms. The first kappa shape index (κ1) is 14.9. The van der Waals surface area contributed by atoms with E-state index in [-0.39, 0.29) is 0 Å². The van der Waals surface area contributed by atoms with E-state index in [1.165, 1.54) is 16.0 Å². The van der Waals surface area contributed by atoms with E-state index in [4.69, 9.17) is 16.3 Å². The largest absolute Gasteiger partial charge is 0.493 e. The molecule has 0 fully saturated rings. The maximum atomic E-state index is 6.27. The van der Waals surface area contributed by atoms with Gasteiger partial charge in [-0.2, -0.15) is 0 Å². The average Bonchev–Trinajstić information content (AvgIpc) is 3.13. The number of thiophene rings is 1. The number of ether oxygens (including phenoxy) is 1. The predicted molar refractivity (Wildman–Crippen MR) is 89.7 cm³/mol. The van der Waals surface area contributed by atoms with Crippen LogP contribution in [0.1, 0.15) is 35.4 Å². The third kappa shape index (κ3) is 3.42. The SMILES string of the molecule is CCCNC(Cc1cc(Cl)cc2c1OCC2)c1cccs1. The monoisotopic (exact) mass is 321 g/mol. The zero-order valence-electron chi connectivity index (χ0n) is 12.2. The number of halogens is 1. The van der Waals surface area contributed by atoms with Gasteiger partial charge in [0.2, 0.25) is 0 Å². The van der Waals surface area contributed by atoms with E-state index in [0.29, 0.717) is 6.04 Å². The summed E-state index contributed by atoms with van der Waals surface area (Å²) in [7, 11) is 0. The molecule has 0 radical (unpaired) electrons.